The molecule has 0 spiro atoms. The quantitative estimate of drug-likeness (QED) is 0.815. The van der Waals surface area contributed by atoms with E-state index in [1.807, 2.05) is 4.90 Å². The average molecular weight is 380 g/mol. The number of ketones is 2. The standard InChI is InChI=1S/C22H21FN2O3/c1-28-13-16-5-4-12-25(16)20-19(24-15-10-8-14(23)9-11-15)21(26)17-6-2-3-7-18(17)22(20)27/h2-3,6-11,16,20H,4-5,12-13H2,1H3. The molecule has 144 valence electrons. The molecule has 1 aliphatic heterocycles. The molecule has 2 atom stereocenters. The summed E-state index contributed by atoms with van der Waals surface area (Å²) in [6.07, 6.45) is 1.83. The SMILES string of the molecule is COCC1CCCN1C1C(=O)c2ccccc2C(=O)C1=Nc1ccc(F)cc1. The van der Waals surface area contributed by atoms with Gasteiger partial charge in [0.05, 0.1) is 12.3 Å². The average Bonchev–Trinajstić information content (AvgIpc) is 3.16. The summed E-state index contributed by atoms with van der Waals surface area (Å²) in [5, 5.41) is 0. The number of carbonyl (C=O) groups is 2. The van der Waals surface area contributed by atoms with Gasteiger partial charge in [0.15, 0.2) is 5.78 Å². The molecule has 2 aromatic carbocycles. The number of fused-ring (bicyclic) bond motifs is 1. The number of carbonyl (C=O) groups excluding carboxylic acids is 2. The molecule has 2 unspecified atom stereocenters. The first kappa shape index (κ1) is 18.7. The summed E-state index contributed by atoms with van der Waals surface area (Å²) >= 11 is 0. The monoisotopic (exact) mass is 380 g/mol. The number of nitrogens with zero attached hydrogens (tertiary/aromatic N) is 2. The van der Waals surface area contributed by atoms with Gasteiger partial charge in [0.2, 0.25) is 5.78 Å². The molecule has 4 rings (SSSR count). The highest BCUT2D eigenvalue weighted by atomic mass is 19.1. The van der Waals surface area contributed by atoms with Gasteiger partial charge in [-0.3, -0.25) is 14.5 Å². The molecule has 1 fully saturated rings. The van der Waals surface area contributed by atoms with Crippen LogP contribution in [0.3, 0.4) is 0 Å². The van der Waals surface area contributed by atoms with E-state index in [9.17, 15) is 14.0 Å². The van der Waals surface area contributed by atoms with Crippen LogP contribution >= 0.6 is 0 Å². The van der Waals surface area contributed by atoms with Crippen LogP contribution in [0, 0.1) is 5.82 Å². The lowest BCUT2D eigenvalue weighted by Crippen LogP contribution is -2.54. The fourth-order valence-corrected chi connectivity index (χ4v) is 4.07. The molecule has 5 nitrogen and oxygen atoms in total. The van der Waals surface area contributed by atoms with Gasteiger partial charge in [-0.25, -0.2) is 9.38 Å². The lowest BCUT2D eigenvalue weighted by Gasteiger charge is -2.35. The van der Waals surface area contributed by atoms with E-state index in [1.165, 1.54) is 24.3 Å². The van der Waals surface area contributed by atoms with Crippen LogP contribution in [0.2, 0.25) is 0 Å². The molecule has 1 aliphatic carbocycles. The number of ether oxygens (including phenoxy) is 1. The first-order valence-electron chi connectivity index (χ1n) is 9.37. The molecule has 0 radical (unpaired) electrons. The van der Waals surface area contributed by atoms with Gasteiger partial charge >= 0.3 is 0 Å². The highest BCUT2D eigenvalue weighted by Gasteiger charge is 2.45. The molecule has 0 N–H and O–H groups in total. The molecule has 0 saturated carbocycles. The lowest BCUT2D eigenvalue weighted by molar-refractivity contribution is 0.0738. The van der Waals surface area contributed by atoms with E-state index in [4.69, 9.17) is 4.74 Å². The number of likely N-dealkylation sites (tertiary alicyclic amines) is 1. The summed E-state index contributed by atoms with van der Waals surface area (Å²) in [6, 6.07) is 11.8. The molecule has 28 heavy (non-hydrogen) atoms. The maximum atomic E-state index is 13.4. The smallest absolute Gasteiger partial charge is 0.210 e. The van der Waals surface area contributed by atoms with E-state index >= 15 is 0 Å². The number of benzene rings is 2. The van der Waals surface area contributed by atoms with Gasteiger partial charge in [0.25, 0.3) is 0 Å². The van der Waals surface area contributed by atoms with Crippen molar-refractivity contribution in [2.45, 2.75) is 24.9 Å². The third kappa shape index (κ3) is 3.30. The zero-order chi connectivity index (χ0) is 19.7. The molecule has 6 heteroatoms. The van der Waals surface area contributed by atoms with Gasteiger partial charge in [-0.2, -0.15) is 0 Å². The molecule has 0 bridgehead atoms. The van der Waals surface area contributed by atoms with Crippen molar-refractivity contribution in [1.82, 2.24) is 4.90 Å². The van der Waals surface area contributed by atoms with Crippen LogP contribution in [0.1, 0.15) is 33.6 Å². The topological polar surface area (TPSA) is 59.0 Å². The second-order valence-corrected chi connectivity index (χ2v) is 7.10. The summed E-state index contributed by atoms with van der Waals surface area (Å²) in [7, 11) is 1.63. The van der Waals surface area contributed by atoms with Gasteiger partial charge in [0, 0.05) is 24.3 Å². The molecular formula is C22H21FN2O3. The fourth-order valence-electron chi connectivity index (χ4n) is 4.07. The Kier molecular flexibility index (Phi) is 5.15. The maximum absolute atomic E-state index is 13.4. The van der Waals surface area contributed by atoms with Crippen molar-refractivity contribution in [2.24, 2.45) is 4.99 Å². The van der Waals surface area contributed by atoms with Crippen LogP contribution in [-0.4, -0.2) is 54.5 Å². The summed E-state index contributed by atoms with van der Waals surface area (Å²) in [6.45, 7) is 1.19. The first-order valence-corrected chi connectivity index (χ1v) is 9.37. The van der Waals surface area contributed by atoms with Crippen LogP contribution in [0.5, 0.6) is 0 Å². The normalized spacial score (nSPS) is 24.0. The second kappa shape index (κ2) is 7.73. The fraction of sp³-hybridized carbons (Fsp3) is 0.318. The second-order valence-electron chi connectivity index (χ2n) is 7.10. The van der Waals surface area contributed by atoms with Crippen LogP contribution in [0.15, 0.2) is 53.5 Å². The van der Waals surface area contributed by atoms with Crippen molar-refractivity contribution < 1.29 is 18.7 Å². The van der Waals surface area contributed by atoms with Gasteiger partial charge in [0.1, 0.15) is 17.6 Å². The summed E-state index contributed by atoms with van der Waals surface area (Å²) in [5.41, 5.74) is 1.44. The summed E-state index contributed by atoms with van der Waals surface area (Å²) in [5.74, 6) is -0.761. The van der Waals surface area contributed by atoms with Crippen molar-refractivity contribution in [3.63, 3.8) is 0 Å². The molecule has 0 amide bonds. The largest absolute Gasteiger partial charge is 0.383 e. The van der Waals surface area contributed by atoms with E-state index in [-0.39, 0.29) is 29.1 Å². The number of hydrogen-bond donors (Lipinski definition) is 0. The van der Waals surface area contributed by atoms with Gasteiger partial charge in [-0.15, -0.1) is 0 Å². The van der Waals surface area contributed by atoms with E-state index in [2.05, 4.69) is 4.99 Å². The number of rotatable bonds is 4. The van der Waals surface area contributed by atoms with Crippen LogP contribution in [0.25, 0.3) is 0 Å². The minimum absolute atomic E-state index is 0.0513. The van der Waals surface area contributed by atoms with E-state index in [1.54, 1.807) is 31.4 Å². The van der Waals surface area contributed by atoms with Gasteiger partial charge in [-0.05, 0) is 43.7 Å². The zero-order valence-corrected chi connectivity index (χ0v) is 15.6. The Morgan fingerprint density at radius 2 is 1.82 bits per heavy atom. The van der Waals surface area contributed by atoms with Gasteiger partial charge < -0.3 is 4.74 Å². The van der Waals surface area contributed by atoms with Crippen LogP contribution in [0.4, 0.5) is 10.1 Å². The van der Waals surface area contributed by atoms with E-state index in [0.717, 1.165) is 12.8 Å². The van der Waals surface area contributed by atoms with Crippen LogP contribution < -0.4 is 0 Å². The number of halogens is 1. The predicted octanol–water partition coefficient (Wildman–Crippen LogP) is 3.46. The number of methoxy groups -OCH3 is 1. The first-order chi connectivity index (χ1) is 13.6. The van der Waals surface area contributed by atoms with E-state index in [0.29, 0.717) is 30.0 Å². The Hall–Kier alpha value is -2.70. The minimum Gasteiger partial charge on any atom is -0.383 e. The van der Waals surface area contributed by atoms with Crippen LogP contribution in [-0.2, 0) is 4.74 Å². The van der Waals surface area contributed by atoms with Crippen molar-refractivity contribution in [3.05, 3.63) is 65.5 Å². The molecular weight excluding hydrogens is 359 g/mol. The summed E-state index contributed by atoms with van der Waals surface area (Å²) in [4.78, 5) is 33.2. The number of aliphatic imine (C=N–C) groups is 1. The number of hydrogen-bond acceptors (Lipinski definition) is 5. The molecule has 0 aromatic heterocycles. The Morgan fingerprint density at radius 1 is 1.11 bits per heavy atom. The number of Topliss-reactive ketones (excluding diaryl/α,β-unsaturated/α-hetero) is 2. The van der Waals surface area contributed by atoms with E-state index < -0.39 is 6.04 Å². The molecule has 2 aromatic rings. The third-order valence-electron chi connectivity index (χ3n) is 5.37. The molecule has 1 heterocycles. The molecule has 2 aliphatic rings. The highest BCUT2D eigenvalue weighted by Crippen LogP contribution is 2.30. The van der Waals surface area contributed by atoms with Crippen molar-refractivity contribution in [1.29, 1.82) is 0 Å². The summed E-state index contributed by atoms with van der Waals surface area (Å²) < 4.78 is 18.6. The maximum Gasteiger partial charge on any atom is 0.210 e. The minimum atomic E-state index is -0.755. The van der Waals surface area contributed by atoms with Crippen molar-refractivity contribution >= 4 is 23.0 Å². The van der Waals surface area contributed by atoms with Gasteiger partial charge in [-0.1, -0.05) is 24.3 Å². The Balaban J connectivity index is 1.83. The predicted molar refractivity (Wildman–Crippen MR) is 104 cm³/mol. The lowest BCUT2D eigenvalue weighted by atomic mass is 9.83. The third-order valence-corrected chi connectivity index (χ3v) is 5.37. The Morgan fingerprint density at radius 3 is 2.54 bits per heavy atom. The van der Waals surface area contributed by atoms with Crippen molar-refractivity contribution in [3.8, 4) is 0 Å². The Labute approximate surface area is 162 Å². The Bertz CT molecular complexity index is 939. The van der Waals surface area contributed by atoms with Crippen molar-refractivity contribution in [2.75, 3.05) is 20.3 Å². The highest BCUT2D eigenvalue weighted by molar-refractivity contribution is 6.55. The zero-order valence-electron chi connectivity index (χ0n) is 15.6. The molecule has 1 saturated heterocycles.